The molecule has 19 heavy (non-hydrogen) atoms. The van der Waals surface area contributed by atoms with Gasteiger partial charge >= 0.3 is 0 Å². The molecule has 0 atom stereocenters. The molecule has 0 saturated heterocycles. The Bertz CT molecular complexity index is 528. The summed E-state index contributed by atoms with van der Waals surface area (Å²) in [5, 5.41) is 3.81. The first kappa shape index (κ1) is 14.4. The zero-order valence-electron chi connectivity index (χ0n) is 11.6. The highest BCUT2D eigenvalue weighted by atomic mass is 32.1. The summed E-state index contributed by atoms with van der Waals surface area (Å²) in [4.78, 5) is 12.7. The van der Waals surface area contributed by atoms with E-state index in [4.69, 9.17) is 10.7 Å². The van der Waals surface area contributed by atoms with Gasteiger partial charge in [-0.1, -0.05) is 20.8 Å². The number of thiazole rings is 2. The van der Waals surface area contributed by atoms with Crippen LogP contribution in [0.25, 0.3) is 10.6 Å². The highest BCUT2D eigenvalue weighted by Gasteiger charge is 2.15. The number of nitrogens with zero attached hydrogens (tertiary/aromatic N) is 3. The molecule has 2 heterocycles. The van der Waals surface area contributed by atoms with Crippen LogP contribution in [0.3, 0.4) is 0 Å². The average Bonchev–Trinajstić information content (AvgIpc) is 3.01. The van der Waals surface area contributed by atoms with Crippen molar-refractivity contribution < 1.29 is 0 Å². The zero-order valence-corrected chi connectivity index (χ0v) is 13.3. The van der Waals surface area contributed by atoms with Gasteiger partial charge in [-0.25, -0.2) is 9.97 Å². The standard InChI is InChI=1S/C13H20N4S2/c1-4-9-12(10-8-18-13(14)16-10)19-11(15-9)7-17(5-2)6-3/h8H,4-7H2,1-3H3,(H2,14,16). The molecule has 0 radical (unpaired) electrons. The largest absolute Gasteiger partial charge is 0.375 e. The SMILES string of the molecule is CCc1nc(CN(CC)CC)sc1-c1csc(N)n1. The lowest BCUT2D eigenvalue weighted by Crippen LogP contribution is -2.21. The van der Waals surface area contributed by atoms with Crippen LogP contribution in [0.5, 0.6) is 0 Å². The van der Waals surface area contributed by atoms with Crippen molar-refractivity contribution in [2.75, 3.05) is 18.8 Å². The lowest BCUT2D eigenvalue weighted by Gasteiger charge is -2.15. The smallest absolute Gasteiger partial charge is 0.180 e. The number of anilines is 1. The second-order valence-electron chi connectivity index (χ2n) is 4.27. The van der Waals surface area contributed by atoms with E-state index in [-0.39, 0.29) is 0 Å². The normalized spacial score (nSPS) is 11.4. The van der Waals surface area contributed by atoms with Gasteiger partial charge in [-0.15, -0.1) is 22.7 Å². The van der Waals surface area contributed by atoms with Gasteiger partial charge in [-0.2, -0.15) is 0 Å². The number of nitrogens with two attached hydrogens (primary N) is 1. The molecule has 0 unspecified atom stereocenters. The maximum absolute atomic E-state index is 5.72. The van der Waals surface area contributed by atoms with Crippen molar-refractivity contribution in [3.63, 3.8) is 0 Å². The predicted molar refractivity (Wildman–Crippen MR) is 83.6 cm³/mol. The van der Waals surface area contributed by atoms with Crippen LogP contribution >= 0.6 is 22.7 Å². The first-order valence-corrected chi connectivity index (χ1v) is 8.29. The van der Waals surface area contributed by atoms with Gasteiger partial charge in [0.05, 0.1) is 22.8 Å². The maximum Gasteiger partial charge on any atom is 0.180 e. The quantitative estimate of drug-likeness (QED) is 0.889. The van der Waals surface area contributed by atoms with E-state index in [1.165, 1.54) is 21.2 Å². The summed E-state index contributed by atoms with van der Waals surface area (Å²) in [5.74, 6) is 0. The van der Waals surface area contributed by atoms with Gasteiger partial charge in [-0.3, -0.25) is 4.90 Å². The van der Waals surface area contributed by atoms with Crippen LogP contribution in [-0.4, -0.2) is 28.0 Å². The molecule has 0 saturated carbocycles. The summed E-state index contributed by atoms with van der Waals surface area (Å²) in [6.07, 6.45) is 0.932. The average molecular weight is 296 g/mol. The molecule has 0 fully saturated rings. The van der Waals surface area contributed by atoms with Crippen LogP contribution in [0.2, 0.25) is 0 Å². The monoisotopic (exact) mass is 296 g/mol. The van der Waals surface area contributed by atoms with Gasteiger partial charge < -0.3 is 5.73 Å². The van der Waals surface area contributed by atoms with Crippen molar-refractivity contribution >= 4 is 27.8 Å². The summed E-state index contributed by atoms with van der Waals surface area (Å²) in [5.41, 5.74) is 7.83. The molecule has 0 aromatic carbocycles. The van der Waals surface area contributed by atoms with Crippen LogP contribution in [0.15, 0.2) is 5.38 Å². The number of aromatic nitrogens is 2. The van der Waals surface area contributed by atoms with Crippen molar-refractivity contribution in [1.82, 2.24) is 14.9 Å². The van der Waals surface area contributed by atoms with E-state index in [0.29, 0.717) is 5.13 Å². The maximum atomic E-state index is 5.72. The minimum atomic E-state index is 0.621. The molecule has 104 valence electrons. The van der Waals surface area contributed by atoms with E-state index < -0.39 is 0 Å². The van der Waals surface area contributed by atoms with Crippen molar-refractivity contribution in [3.8, 4) is 10.6 Å². The van der Waals surface area contributed by atoms with Gasteiger partial charge in [0, 0.05) is 5.38 Å². The fraction of sp³-hybridized carbons (Fsp3) is 0.538. The molecule has 0 bridgehead atoms. The molecule has 0 amide bonds. The van der Waals surface area contributed by atoms with Crippen molar-refractivity contribution in [1.29, 1.82) is 0 Å². The van der Waals surface area contributed by atoms with Gasteiger partial charge in [0.15, 0.2) is 5.13 Å². The Labute approximate surface area is 122 Å². The summed E-state index contributed by atoms with van der Waals surface area (Å²) in [6, 6.07) is 0. The first-order chi connectivity index (χ1) is 9.17. The molecular weight excluding hydrogens is 276 g/mol. The number of rotatable bonds is 6. The molecule has 0 aliphatic carbocycles. The number of hydrogen-bond acceptors (Lipinski definition) is 6. The molecule has 0 aliphatic heterocycles. The van der Waals surface area contributed by atoms with Crippen LogP contribution in [0, 0.1) is 0 Å². The summed E-state index contributed by atoms with van der Waals surface area (Å²) < 4.78 is 0. The molecule has 0 spiro atoms. The van der Waals surface area contributed by atoms with Gasteiger partial charge in [-0.05, 0) is 19.5 Å². The Morgan fingerprint density at radius 2 is 1.95 bits per heavy atom. The van der Waals surface area contributed by atoms with E-state index in [1.54, 1.807) is 11.3 Å². The van der Waals surface area contributed by atoms with Gasteiger partial charge in [0.25, 0.3) is 0 Å². The predicted octanol–water partition coefficient (Wildman–Crippen LogP) is 3.25. The molecule has 4 nitrogen and oxygen atoms in total. The zero-order chi connectivity index (χ0) is 13.8. The van der Waals surface area contributed by atoms with Crippen LogP contribution in [0.4, 0.5) is 5.13 Å². The molecule has 2 aromatic rings. The highest BCUT2D eigenvalue weighted by molar-refractivity contribution is 7.16. The minimum absolute atomic E-state index is 0.621. The van der Waals surface area contributed by atoms with E-state index in [9.17, 15) is 0 Å². The van der Waals surface area contributed by atoms with E-state index in [2.05, 4.69) is 30.7 Å². The minimum Gasteiger partial charge on any atom is -0.375 e. The van der Waals surface area contributed by atoms with Gasteiger partial charge in [0.2, 0.25) is 0 Å². The fourth-order valence-electron chi connectivity index (χ4n) is 1.94. The van der Waals surface area contributed by atoms with Crippen LogP contribution < -0.4 is 5.73 Å². The third-order valence-electron chi connectivity index (χ3n) is 3.08. The Kier molecular flexibility index (Phi) is 4.90. The van der Waals surface area contributed by atoms with Crippen molar-refractivity contribution in [3.05, 3.63) is 16.1 Å². The second kappa shape index (κ2) is 6.45. The highest BCUT2D eigenvalue weighted by Crippen LogP contribution is 2.32. The Balaban J connectivity index is 2.27. The Hall–Kier alpha value is -0.980. The lowest BCUT2D eigenvalue weighted by molar-refractivity contribution is 0.295. The summed E-state index contributed by atoms with van der Waals surface area (Å²) in [7, 11) is 0. The Morgan fingerprint density at radius 3 is 2.47 bits per heavy atom. The molecule has 2 N–H and O–H groups in total. The van der Waals surface area contributed by atoms with Crippen LogP contribution in [0.1, 0.15) is 31.5 Å². The van der Waals surface area contributed by atoms with E-state index >= 15 is 0 Å². The molecule has 6 heteroatoms. The topological polar surface area (TPSA) is 55.0 Å². The Morgan fingerprint density at radius 1 is 1.21 bits per heavy atom. The van der Waals surface area contributed by atoms with Crippen molar-refractivity contribution in [2.45, 2.75) is 33.7 Å². The number of aryl methyl sites for hydroxylation is 1. The van der Waals surface area contributed by atoms with Crippen molar-refractivity contribution in [2.24, 2.45) is 0 Å². The third-order valence-corrected chi connectivity index (χ3v) is 4.86. The molecule has 2 rings (SSSR count). The second-order valence-corrected chi connectivity index (χ2v) is 6.24. The van der Waals surface area contributed by atoms with Crippen LogP contribution in [-0.2, 0) is 13.0 Å². The van der Waals surface area contributed by atoms with E-state index in [1.807, 2.05) is 5.38 Å². The molecule has 0 aliphatic rings. The molecule has 2 aromatic heterocycles. The summed E-state index contributed by atoms with van der Waals surface area (Å²) in [6.45, 7) is 9.52. The number of nitrogen functional groups attached to an aromatic ring is 1. The summed E-state index contributed by atoms with van der Waals surface area (Å²) >= 11 is 3.23. The van der Waals surface area contributed by atoms with Gasteiger partial charge in [0.1, 0.15) is 5.01 Å². The third kappa shape index (κ3) is 3.32. The molecular formula is C13H20N4S2. The number of hydrogen-bond donors (Lipinski definition) is 1. The first-order valence-electron chi connectivity index (χ1n) is 6.60. The lowest BCUT2D eigenvalue weighted by atomic mass is 10.2. The fourth-order valence-corrected chi connectivity index (χ4v) is 3.72. The van der Waals surface area contributed by atoms with E-state index in [0.717, 1.165) is 37.4 Å².